The van der Waals surface area contributed by atoms with Gasteiger partial charge in [-0.15, -0.1) is 0 Å². The number of ether oxygens (including phenoxy) is 2. The lowest BCUT2D eigenvalue weighted by Gasteiger charge is -2.27. The number of hydrogen-bond acceptors (Lipinski definition) is 4. The van der Waals surface area contributed by atoms with Crippen molar-refractivity contribution in [3.63, 3.8) is 0 Å². The molecule has 0 spiro atoms. The Morgan fingerprint density at radius 2 is 1.70 bits per heavy atom. The van der Waals surface area contributed by atoms with Crippen molar-refractivity contribution >= 4 is 33.7 Å². The first kappa shape index (κ1) is 13.8. The van der Waals surface area contributed by atoms with Gasteiger partial charge in [-0.1, -0.05) is 31.2 Å². The number of carbonyl (C=O) groups excluding carboxylic acids is 2. The predicted molar refractivity (Wildman–Crippen MR) is 84.8 cm³/mol. The Balaban J connectivity index is 1.74. The number of aromatic nitrogens is 1. The molecule has 0 amide bonds. The minimum absolute atomic E-state index is 0.235. The highest BCUT2D eigenvalue weighted by molar-refractivity contribution is 6.07. The average molecular weight is 309 g/mol. The SMILES string of the molecule is CC(c1ccc2[nH]c3ccccc3c2c1)C1OC(=O)CC(=O)O1. The van der Waals surface area contributed by atoms with Crippen molar-refractivity contribution < 1.29 is 19.1 Å². The van der Waals surface area contributed by atoms with Crippen molar-refractivity contribution in [3.05, 3.63) is 48.0 Å². The molecule has 4 rings (SSSR count). The van der Waals surface area contributed by atoms with E-state index < -0.39 is 18.2 Å². The van der Waals surface area contributed by atoms with Gasteiger partial charge in [0.1, 0.15) is 6.42 Å². The van der Waals surface area contributed by atoms with Gasteiger partial charge in [-0.25, -0.2) is 0 Å². The second kappa shape index (κ2) is 5.12. The molecule has 5 heteroatoms. The highest BCUT2D eigenvalue weighted by Crippen LogP contribution is 2.31. The van der Waals surface area contributed by atoms with E-state index in [0.29, 0.717) is 0 Å². The molecule has 1 saturated heterocycles. The third kappa shape index (κ3) is 2.34. The van der Waals surface area contributed by atoms with Gasteiger partial charge in [0.2, 0.25) is 0 Å². The van der Waals surface area contributed by atoms with E-state index in [2.05, 4.69) is 17.1 Å². The lowest BCUT2D eigenvalue weighted by Crippen LogP contribution is -2.35. The van der Waals surface area contributed by atoms with Crippen molar-refractivity contribution in [2.24, 2.45) is 0 Å². The fourth-order valence-electron chi connectivity index (χ4n) is 2.99. The highest BCUT2D eigenvalue weighted by Gasteiger charge is 2.32. The molecule has 0 saturated carbocycles. The monoisotopic (exact) mass is 309 g/mol. The molecule has 0 bridgehead atoms. The van der Waals surface area contributed by atoms with Crippen molar-refractivity contribution in [1.82, 2.24) is 4.98 Å². The second-order valence-electron chi connectivity index (χ2n) is 5.79. The van der Waals surface area contributed by atoms with Crippen molar-refractivity contribution in [1.29, 1.82) is 0 Å². The van der Waals surface area contributed by atoms with Crippen LogP contribution < -0.4 is 0 Å². The van der Waals surface area contributed by atoms with Crippen LogP contribution in [-0.2, 0) is 19.1 Å². The van der Waals surface area contributed by atoms with E-state index in [1.54, 1.807) is 0 Å². The number of esters is 2. The third-order valence-electron chi connectivity index (χ3n) is 4.25. The topological polar surface area (TPSA) is 68.4 Å². The van der Waals surface area contributed by atoms with E-state index in [9.17, 15) is 9.59 Å². The number of H-pyrrole nitrogens is 1. The summed E-state index contributed by atoms with van der Waals surface area (Å²) in [4.78, 5) is 26.2. The number of benzene rings is 2. The fraction of sp³-hybridized carbons (Fsp3) is 0.222. The summed E-state index contributed by atoms with van der Waals surface area (Å²) in [5.74, 6) is -1.31. The molecular formula is C18H15NO4. The molecule has 1 fully saturated rings. The maximum Gasteiger partial charge on any atom is 0.320 e. The largest absolute Gasteiger partial charge is 0.424 e. The minimum Gasteiger partial charge on any atom is -0.424 e. The van der Waals surface area contributed by atoms with Gasteiger partial charge in [0.15, 0.2) is 0 Å². The van der Waals surface area contributed by atoms with Crippen molar-refractivity contribution in [2.75, 3.05) is 0 Å². The number of rotatable bonds is 2. The van der Waals surface area contributed by atoms with Crippen LogP contribution in [0.25, 0.3) is 21.8 Å². The third-order valence-corrected chi connectivity index (χ3v) is 4.25. The van der Waals surface area contributed by atoms with E-state index in [1.165, 1.54) is 0 Å². The van der Waals surface area contributed by atoms with Crippen LogP contribution >= 0.6 is 0 Å². The van der Waals surface area contributed by atoms with Crippen LogP contribution in [0.1, 0.15) is 24.8 Å². The maximum absolute atomic E-state index is 11.4. The van der Waals surface area contributed by atoms with Crippen LogP contribution in [0, 0.1) is 0 Å². The number of para-hydroxylation sites is 1. The van der Waals surface area contributed by atoms with Gasteiger partial charge in [0.05, 0.1) is 5.92 Å². The van der Waals surface area contributed by atoms with Crippen LogP contribution in [0.2, 0.25) is 0 Å². The van der Waals surface area contributed by atoms with Gasteiger partial charge in [-0.2, -0.15) is 0 Å². The highest BCUT2D eigenvalue weighted by atomic mass is 16.7. The number of carbonyl (C=O) groups is 2. The van der Waals surface area contributed by atoms with E-state index in [1.807, 2.05) is 37.3 Å². The van der Waals surface area contributed by atoms with Gasteiger partial charge < -0.3 is 14.5 Å². The molecule has 116 valence electrons. The Morgan fingerprint density at radius 1 is 1.00 bits per heavy atom. The predicted octanol–water partition coefficient (Wildman–Crippen LogP) is 3.24. The summed E-state index contributed by atoms with van der Waals surface area (Å²) in [5.41, 5.74) is 3.07. The van der Waals surface area contributed by atoms with Crippen LogP contribution in [0.15, 0.2) is 42.5 Å². The molecule has 2 aromatic carbocycles. The van der Waals surface area contributed by atoms with E-state index >= 15 is 0 Å². The Bertz CT molecular complexity index is 911. The van der Waals surface area contributed by atoms with Gasteiger partial charge >= 0.3 is 11.9 Å². The van der Waals surface area contributed by atoms with Crippen LogP contribution in [0.5, 0.6) is 0 Å². The van der Waals surface area contributed by atoms with Crippen LogP contribution in [0.3, 0.4) is 0 Å². The summed E-state index contributed by atoms with van der Waals surface area (Å²) in [7, 11) is 0. The number of aromatic amines is 1. The first-order chi connectivity index (χ1) is 11.1. The number of nitrogens with one attached hydrogen (secondary N) is 1. The van der Waals surface area contributed by atoms with Gasteiger partial charge in [0, 0.05) is 21.8 Å². The molecule has 1 N–H and O–H groups in total. The molecule has 2 heterocycles. The first-order valence-corrected chi connectivity index (χ1v) is 7.51. The van der Waals surface area contributed by atoms with Gasteiger partial charge in [-0.3, -0.25) is 9.59 Å². The summed E-state index contributed by atoms with van der Waals surface area (Å²) < 4.78 is 10.3. The zero-order valence-electron chi connectivity index (χ0n) is 12.5. The summed E-state index contributed by atoms with van der Waals surface area (Å²) in [6.07, 6.45) is -1.18. The summed E-state index contributed by atoms with van der Waals surface area (Å²) in [5, 5.41) is 2.23. The molecule has 1 atom stereocenters. The number of hydrogen-bond donors (Lipinski definition) is 1. The molecule has 3 aromatic rings. The van der Waals surface area contributed by atoms with Gasteiger partial charge in [-0.05, 0) is 23.8 Å². The normalized spacial score (nSPS) is 17.3. The van der Waals surface area contributed by atoms with Crippen LogP contribution in [0.4, 0.5) is 0 Å². The second-order valence-corrected chi connectivity index (χ2v) is 5.79. The fourth-order valence-corrected chi connectivity index (χ4v) is 2.99. The van der Waals surface area contributed by atoms with E-state index in [4.69, 9.17) is 9.47 Å². The quantitative estimate of drug-likeness (QED) is 0.583. The first-order valence-electron chi connectivity index (χ1n) is 7.51. The maximum atomic E-state index is 11.4. The molecule has 1 aliphatic rings. The molecule has 23 heavy (non-hydrogen) atoms. The summed E-state index contributed by atoms with van der Waals surface area (Å²) in [6, 6.07) is 14.1. The Morgan fingerprint density at radius 3 is 2.48 bits per heavy atom. The summed E-state index contributed by atoms with van der Waals surface area (Å²) in [6.45, 7) is 1.88. The lowest BCUT2D eigenvalue weighted by molar-refractivity contribution is -0.206. The number of cyclic esters (lactones) is 2. The molecule has 1 unspecified atom stereocenters. The molecular weight excluding hydrogens is 294 g/mol. The molecule has 1 aliphatic heterocycles. The van der Waals surface area contributed by atoms with E-state index in [0.717, 1.165) is 27.4 Å². The molecule has 0 aliphatic carbocycles. The molecule has 0 radical (unpaired) electrons. The van der Waals surface area contributed by atoms with Crippen LogP contribution in [-0.4, -0.2) is 23.2 Å². The van der Waals surface area contributed by atoms with Crippen molar-refractivity contribution in [3.8, 4) is 0 Å². The molecule has 1 aromatic heterocycles. The Hall–Kier alpha value is -2.82. The van der Waals surface area contributed by atoms with Crippen molar-refractivity contribution in [2.45, 2.75) is 25.6 Å². The number of fused-ring (bicyclic) bond motifs is 3. The Kier molecular flexibility index (Phi) is 3.08. The molecule has 5 nitrogen and oxygen atoms in total. The Labute approximate surface area is 132 Å². The lowest BCUT2D eigenvalue weighted by atomic mass is 9.98. The standard InChI is InChI=1S/C18H15NO4/c1-10(18-22-16(20)9-17(21)23-18)11-6-7-15-13(8-11)12-4-2-3-5-14(12)19-15/h2-8,10,18-19H,9H2,1H3. The zero-order valence-corrected chi connectivity index (χ0v) is 12.5. The van der Waals surface area contributed by atoms with Gasteiger partial charge in [0.25, 0.3) is 6.29 Å². The zero-order chi connectivity index (χ0) is 16.0. The van der Waals surface area contributed by atoms with E-state index in [-0.39, 0.29) is 12.3 Å². The summed E-state index contributed by atoms with van der Waals surface area (Å²) >= 11 is 0. The average Bonchev–Trinajstić information content (AvgIpc) is 2.91. The smallest absolute Gasteiger partial charge is 0.320 e. The minimum atomic E-state index is -0.869.